The molecule has 1 aromatic carbocycles. The van der Waals surface area contributed by atoms with Gasteiger partial charge in [0.05, 0.1) is 6.61 Å². The van der Waals surface area contributed by atoms with Crippen molar-refractivity contribution in [3.05, 3.63) is 34.3 Å². The van der Waals surface area contributed by atoms with Crippen LogP contribution in [0.15, 0.2) is 28.8 Å². The predicted octanol–water partition coefficient (Wildman–Crippen LogP) is 3.97. The largest absolute Gasteiger partial charge is 0.485 e. The lowest BCUT2D eigenvalue weighted by molar-refractivity contribution is -0.158. The molecule has 0 aromatic heterocycles. The van der Waals surface area contributed by atoms with Gasteiger partial charge in [-0.05, 0) is 32.9 Å². The van der Waals surface area contributed by atoms with Gasteiger partial charge in [-0.2, -0.15) is 0 Å². The molecular formula is C17H19BrO4. The number of carbonyl (C=O) groups excluding carboxylic acids is 1. The Bertz CT molecular complexity index is 636. The van der Waals surface area contributed by atoms with Gasteiger partial charge in [-0.25, -0.2) is 4.79 Å². The fraction of sp³-hybridized carbons (Fsp3) is 0.471. The molecule has 3 rings (SSSR count). The Morgan fingerprint density at radius 2 is 2.23 bits per heavy atom. The average Bonchev–Trinajstić information content (AvgIpc) is 3.00. The highest BCUT2D eigenvalue weighted by atomic mass is 79.9. The summed E-state index contributed by atoms with van der Waals surface area (Å²) in [7, 11) is 0. The first-order chi connectivity index (χ1) is 10.4. The van der Waals surface area contributed by atoms with Crippen molar-refractivity contribution in [3.8, 4) is 11.5 Å². The summed E-state index contributed by atoms with van der Waals surface area (Å²) in [5, 5.41) is 0. The molecule has 1 heterocycles. The van der Waals surface area contributed by atoms with Gasteiger partial charge in [-0.3, -0.25) is 0 Å². The van der Waals surface area contributed by atoms with E-state index in [0.29, 0.717) is 12.4 Å². The molecule has 1 aromatic rings. The van der Waals surface area contributed by atoms with Crippen LogP contribution >= 0.6 is 15.9 Å². The molecule has 0 bridgehead atoms. The number of halogens is 1. The van der Waals surface area contributed by atoms with Crippen molar-refractivity contribution in [2.45, 2.75) is 44.8 Å². The Labute approximate surface area is 138 Å². The summed E-state index contributed by atoms with van der Waals surface area (Å²) in [5.74, 6) is 1.19. The predicted molar refractivity (Wildman–Crippen MR) is 86.4 cm³/mol. The van der Waals surface area contributed by atoms with E-state index < -0.39 is 5.60 Å². The van der Waals surface area contributed by atoms with Gasteiger partial charge in [0.2, 0.25) is 0 Å². The number of benzene rings is 1. The Morgan fingerprint density at radius 3 is 2.95 bits per heavy atom. The molecule has 0 saturated carbocycles. The van der Waals surface area contributed by atoms with Gasteiger partial charge in [0.1, 0.15) is 6.10 Å². The molecule has 5 heteroatoms. The highest BCUT2D eigenvalue weighted by molar-refractivity contribution is 9.10. The van der Waals surface area contributed by atoms with Crippen molar-refractivity contribution in [1.29, 1.82) is 0 Å². The molecule has 2 atom stereocenters. The maximum Gasteiger partial charge on any atom is 0.349 e. The van der Waals surface area contributed by atoms with E-state index in [1.807, 2.05) is 6.07 Å². The number of esters is 1. The molecular weight excluding hydrogens is 348 g/mol. The molecule has 0 saturated heterocycles. The molecule has 1 aliphatic carbocycles. The van der Waals surface area contributed by atoms with Crippen LogP contribution in [0.4, 0.5) is 0 Å². The molecule has 4 nitrogen and oxygen atoms in total. The SMILES string of the molecule is CCOC(=O)C(C)(C)Oc1cc(Br)cc2c1OC1CC=CC21. The minimum Gasteiger partial charge on any atom is -0.485 e. The quantitative estimate of drug-likeness (QED) is 0.597. The number of ether oxygens (including phenoxy) is 3. The van der Waals surface area contributed by atoms with Gasteiger partial charge < -0.3 is 14.2 Å². The highest BCUT2D eigenvalue weighted by Crippen LogP contribution is 2.50. The average molecular weight is 367 g/mol. The maximum absolute atomic E-state index is 12.0. The van der Waals surface area contributed by atoms with Crippen molar-refractivity contribution in [1.82, 2.24) is 0 Å². The zero-order valence-corrected chi connectivity index (χ0v) is 14.5. The summed E-state index contributed by atoms with van der Waals surface area (Å²) in [6.45, 7) is 5.51. The topological polar surface area (TPSA) is 44.8 Å². The van der Waals surface area contributed by atoms with Crippen LogP contribution in [0.3, 0.4) is 0 Å². The van der Waals surface area contributed by atoms with Gasteiger partial charge in [0, 0.05) is 22.4 Å². The minimum absolute atomic E-state index is 0.136. The molecule has 0 spiro atoms. The van der Waals surface area contributed by atoms with E-state index in [1.165, 1.54) is 0 Å². The molecule has 0 amide bonds. The molecule has 0 N–H and O–H groups in total. The second-order valence-corrected chi connectivity index (χ2v) is 6.92. The van der Waals surface area contributed by atoms with Crippen molar-refractivity contribution < 1.29 is 19.0 Å². The lowest BCUT2D eigenvalue weighted by Gasteiger charge is -2.25. The summed E-state index contributed by atoms with van der Waals surface area (Å²) in [6, 6.07) is 3.89. The Morgan fingerprint density at radius 1 is 1.45 bits per heavy atom. The highest BCUT2D eigenvalue weighted by Gasteiger charge is 2.39. The molecule has 22 heavy (non-hydrogen) atoms. The first-order valence-electron chi connectivity index (χ1n) is 7.45. The molecule has 2 aliphatic rings. The Kier molecular flexibility index (Phi) is 3.93. The van der Waals surface area contributed by atoms with Crippen LogP contribution in [0.5, 0.6) is 11.5 Å². The van der Waals surface area contributed by atoms with Gasteiger partial charge in [0.15, 0.2) is 17.1 Å². The molecule has 2 unspecified atom stereocenters. The summed E-state index contributed by atoms with van der Waals surface area (Å²) in [5.41, 5.74) is 0.0318. The Balaban J connectivity index is 1.93. The fourth-order valence-corrected chi connectivity index (χ4v) is 3.32. The van der Waals surface area contributed by atoms with Gasteiger partial charge in [-0.15, -0.1) is 0 Å². The number of fused-ring (bicyclic) bond motifs is 3. The first kappa shape index (κ1) is 15.4. The van der Waals surface area contributed by atoms with Crippen molar-refractivity contribution in [2.75, 3.05) is 6.61 Å². The van der Waals surface area contributed by atoms with Crippen LogP contribution in [0.25, 0.3) is 0 Å². The first-order valence-corrected chi connectivity index (χ1v) is 8.24. The van der Waals surface area contributed by atoms with Crippen LogP contribution in [-0.2, 0) is 9.53 Å². The van der Waals surface area contributed by atoms with E-state index in [9.17, 15) is 4.79 Å². The lowest BCUT2D eigenvalue weighted by Crippen LogP contribution is -2.39. The summed E-state index contributed by atoms with van der Waals surface area (Å²) in [4.78, 5) is 12.0. The molecule has 0 fully saturated rings. The van der Waals surface area contributed by atoms with Crippen LogP contribution in [0.2, 0.25) is 0 Å². The molecule has 118 valence electrons. The maximum atomic E-state index is 12.0. The third-order valence-electron chi connectivity index (χ3n) is 3.92. The number of hydrogen-bond donors (Lipinski definition) is 0. The summed E-state index contributed by atoms with van der Waals surface area (Å²) < 4.78 is 18.0. The number of carbonyl (C=O) groups is 1. The van der Waals surface area contributed by atoms with Gasteiger partial charge >= 0.3 is 5.97 Å². The Hall–Kier alpha value is -1.49. The van der Waals surface area contributed by atoms with E-state index in [0.717, 1.165) is 22.2 Å². The number of rotatable bonds is 4. The van der Waals surface area contributed by atoms with Crippen molar-refractivity contribution in [2.24, 2.45) is 0 Å². The van der Waals surface area contributed by atoms with Crippen LogP contribution in [0, 0.1) is 0 Å². The van der Waals surface area contributed by atoms with Gasteiger partial charge in [-0.1, -0.05) is 28.1 Å². The third kappa shape index (κ3) is 2.62. The van der Waals surface area contributed by atoms with E-state index in [-0.39, 0.29) is 18.0 Å². The zero-order chi connectivity index (χ0) is 15.9. The summed E-state index contributed by atoms with van der Waals surface area (Å²) >= 11 is 3.51. The van der Waals surface area contributed by atoms with Crippen LogP contribution in [0.1, 0.15) is 38.7 Å². The molecule has 0 radical (unpaired) electrons. The lowest BCUT2D eigenvalue weighted by atomic mass is 9.98. The molecule has 1 aliphatic heterocycles. The monoisotopic (exact) mass is 366 g/mol. The van der Waals surface area contributed by atoms with Crippen LogP contribution < -0.4 is 9.47 Å². The van der Waals surface area contributed by atoms with Crippen molar-refractivity contribution >= 4 is 21.9 Å². The second kappa shape index (κ2) is 5.61. The van der Waals surface area contributed by atoms with Gasteiger partial charge in [0.25, 0.3) is 0 Å². The normalized spacial score (nSPS) is 22.0. The zero-order valence-electron chi connectivity index (χ0n) is 12.9. The second-order valence-electron chi connectivity index (χ2n) is 6.00. The van der Waals surface area contributed by atoms with E-state index in [4.69, 9.17) is 14.2 Å². The standard InChI is InChI=1S/C17H19BrO4/c1-4-20-16(19)17(2,3)22-14-9-10(18)8-12-11-6-5-7-13(11)21-15(12)14/h5-6,8-9,11,13H,4,7H2,1-3H3. The number of hydrogen-bond acceptors (Lipinski definition) is 4. The van der Waals surface area contributed by atoms with E-state index in [2.05, 4.69) is 34.1 Å². The third-order valence-corrected chi connectivity index (χ3v) is 4.38. The van der Waals surface area contributed by atoms with E-state index in [1.54, 1.807) is 20.8 Å². The van der Waals surface area contributed by atoms with E-state index >= 15 is 0 Å². The minimum atomic E-state index is -1.07. The summed E-state index contributed by atoms with van der Waals surface area (Å²) in [6.07, 6.45) is 5.35. The fourth-order valence-electron chi connectivity index (χ4n) is 2.87. The van der Waals surface area contributed by atoms with Crippen LogP contribution in [-0.4, -0.2) is 24.3 Å². The van der Waals surface area contributed by atoms with Crippen molar-refractivity contribution in [3.63, 3.8) is 0 Å². The smallest absolute Gasteiger partial charge is 0.349 e.